The van der Waals surface area contributed by atoms with E-state index in [-0.39, 0.29) is 0 Å². The Morgan fingerprint density at radius 3 is 1.59 bits per heavy atom. The first-order chi connectivity index (χ1) is 20.0. The van der Waals surface area contributed by atoms with Crippen molar-refractivity contribution in [2.24, 2.45) is 0 Å². The van der Waals surface area contributed by atoms with E-state index < -0.39 is 45.6 Å². The number of hydrogen-bond acceptors (Lipinski definition) is 9. The van der Waals surface area contributed by atoms with Gasteiger partial charge in [0.2, 0.25) is 0 Å². The van der Waals surface area contributed by atoms with Crippen molar-refractivity contribution in [3.05, 3.63) is 66.7 Å². The third kappa shape index (κ3) is 13.7. The molecule has 0 atom stereocenters. The van der Waals surface area contributed by atoms with Gasteiger partial charge in [-0.05, 0) is 88.6 Å². The number of alkyl halides is 3. The Morgan fingerprint density at radius 2 is 1.18 bits per heavy atom. The van der Waals surface area contributed by atoms with Crippen LogP contribution in [0.15, 0.2) is 71.6 Å². The zero-order valence-electron chi connectivity index (χ0n) is 24.8. The summed E-state index contributed by atoms with van der Waals surface area (Å²) in [5, 5.41) is 0. The van der Waals surface area contributed by atoms with Crippen LogP contribution in [0.5, 0.6) is 11.5 Å². The van der Waals surface area contributed by atoms with Gasteiger partial charge in [0, 0.05) is 10.5 Å². The molecule has 0 fully saturated rings. The van der Waals surface area contributed by atoms with Gasteiger partial charge in [0.25, 0.3) is 10.1 Å². The summed E-state index contributed by atoms with van der Waals surface area (Å²) in [6.07, 6.45) is -6.40. The third-order valence-electron chi connectivity index (χ3n) is 4.84. The van der Waals surface area contributed by atoms with Crippen molar-refractivity contribution in [2.45, 2.75) is 63.8 Å². The maximum absolute atomic E-state index is 12.1. The maximum Gasteiger partial charge on any atom is 0.514 e. The van der Waals surface area contributed by atoms with E-state index in [4.69, 9.17) is 23.5 Å². The minimum atomic E-state index is -4.91. The van der Waals surface area contributed by atoms with Crippen LogP contribution >= 0.6 is 12.6 Å². The monoisotopic (exact) mass is 658 g/mol. The van der Waals surface area contributed by atoms with E-state index in [0.717, 1.165) is 27.1 Å². The van der Waals surface area contributed by atoms with Gasteiger partial charge in [0.15, 0.2) is 5.75 Å². The average Bonchev–Trinajstić information content (AvgIpc) is 2.80. The lowest BCUT2D eigenvalue weighted by Gasteiger charge is -2.19. The van der Waals surface area contributed by atoms with E-state index in [0.29, 0.717) is 11.5 Å². The summed E-state index contributed by atoms with van der Waals surface area (Å²) in [5.41, 5.74) is 1.99. The topological polar surface area (TPSA) is 125 Å². The van der Waals surface area contributed by atoms with Crippen molar-refractivity contribution in [1.82, 2.24) is 0 Å². The van der Waals surface area contributed by atoms with Gasteiger partial charge in [0.05, 0.1) is 0 Å². The van der Waals surface area contributed by atoms with Crippen molar-refractivity contribution in [3.63, 3.8) is 0 Å². The number of hydrogen-bond donors (Lipinski definition) is 2. The minimum absolute atomic E-state index is 0.348. The van der Waals surface area contributed by atoms with Crippen LogP contribution in [0.4, 0.5) is 22.8 Å². The second-order valence-corrected chi connectivity index (χ2v) is 13.2. The van der Waals surface area contributed by atoms with Crippen LogP contribution in [0, 0.1) is 0 Å². The number of carbonyl (C=O) groups is 2. The lowest BCUT2D eigenvalue weighted by atomic mass is 9.94. The highest BCUT2D eigenvalue weighted by molar-refractivity contribution is 7.85. The molecule has 0 unspecified atom stereocenters. The molecule has 0 bridgehead atoms. The van der Waals surface area contributed by atoms with Crippen LogP contribution in [-0.4, -0.2) is 48.4 Å². The molecular weight excluding hydrogens is 625 g/mol. The van der Waals surface area contributed by atoms with E-state index >= 15 is 0 Å². The van der Waals surface area contributed by atoms with Gasteiger partial charge in [-0.1, -0.05) is 36.4 Å². The summed E-state index contributed by atoms with van der Waals surface area (Å²) >= 11 is 4.68. The highest BCUT2D eigenvalue weighted by atomic mass is 32.2. The van der Waals surface area contributed by atoms with Crippen LogP contribution in [0.2, 0.25) is 0 Å². The van der Waals surface area contributed by atoms with Gasteiger partial charge in [-0.2, -0.15) is 21.6 Å². The smallest absolute Gasteiger partial charge is 0.428 e. The van der Waals surface area contributed by atoms with E-state index in [1.165, 1.54) is 0 Å². The van der Waals surface area contributed by atoms with Gasteiger partial charge in [0.1, 0.15) is 22.7 Å². The number of thiol groups is 1. The number of carbonyl (C=O) groups excluding carboxylic acids is 2. The highest BCUT2D eigenvalue weighted by Gasteiger charge is 2.34. The molecule has 3 aromatic rings. The molecule has 3 rings (SSSR count). The molecule has 0 saturated heterocycles. The average molecular weight is 659 g/mol. The second-order valence-electron chi connectivity index (χ2n) is 11.2. The summed E-state index contributed by atoms with van der Waals surface area (Å²) in [6.45, 7) is 10.6. The molecule has 9 nitrogen and oxygen atoms in total. The molecule has 14 heteroatoms. The van der Waals surface area contributed by atoms with Crippen LogP contribution in [0.3, 0.4) is 0 Å². The Morgan fingerprint density at radius 1 is 0.750 bits per heavy atom. The molecule has 0 heterocycles. The molecule has 0 aliphatic rings. The predicted octanol–water partition coefficient (Wildman–Crippen LogP) is 8.37. The summed E-state index contributed by atoms with van der Waals surface area (Å²) in [6, 6.07) is 20.0. The number of ether oxygens (including phenoxy) is 4. The van der Waals surface area contributed by atoms with Crippen LogP contribution in [0.25, 0.3) is 22.3 Å². The zero-order chi connectivity index (χ0) is 33.5. The molecule has 1 N–H and O–H groups in total. The molecule has 0 aliphatic carbocycles. The SMILES string of the molecule is CC(C)(C)OC(=O)Oc1cccc(-c2cccc(S)c2-c2cccc(OC(=O)OC(C)(C)C)c2)c1.O=S(=O)(O)CC(F)(F)F. The molecule has 0 amide bonds. The number of benzene rings is 3. The summed E-state index contributed by atoms with van der Waals surface area (Å²) < 4.78 is 80.9. The van der Waals surface area contributed by atoms with Crippen molar-refractivity contribution < 1.29 is 54.7 Å². The van der Waals surface area contributed by atoms with Gasteiger partial charge < -0.3 is 18.9 Å². The molecule has 44 heavy (non-hydrogen) atoms. The Bertz CT molecular complexity index is 1570. The maximum atomic E-state index is 12.1. The first kappa shape index (κ1) is 36.4. The number of rotatable bonds is 5. The van der Waals surface area contributed by atoms with Crippen molar-refractivity contribution in [3.8, 4) is 33.8 Å². The number of halogens is 3. The van der Waals surface area contributed by atoms with Gasteiger partial charge in [-0.25, -0.2) is 9.59 Å². The normalized spacial score (nSPS) is 12.0. The molecule has 0 saturated carbocycles. The van der Waals surface area contributed by atoms with Gasteiger partial charge >= 0.3 is 18.5 Å². The fraction of sp³-hybridized carbons (Fsp3) is 0.333. The lowest BCUT2D eigenvalue weighted by Crippen LogP contribution is -2.26. The molecule has 0 aromatic heterocycles. The van der Waals surface area contributed by atoms with Crippen LogP contribution < -0.4 is 9.47 Å². The third-order valence-corrected chi connectivity index (χ3v) is 5.90. The van der Waals surface area contributed by atoms with Crippen molar-refractivity contribution in [1.29, 1.82) is 0 Å². The summed E-state index contributed by atoms with van der Waals surface area (Å²) in [4.78, 5) is 25.0. The van der Waals surface area contributed by atoms with E-state index in [1.807, 2.05) is 30.3 Å². The summed E-state index contributed by atoms with van der Waals surface area (Å²) in [5.74, 6) is -1.48. The molecule has 3 aromatic carbocycles. The Balaban J connectivity index is 0.000000651. The first-order valence-electron chi connectivity index (χ1n) is 12.9. The van der Waals surface area contributed by atoms with E-state index in [9.17, 15) is 31.2 Å². The minimum Gasteiger partial charge on any atom is -0.428 e. The van der Waals surface area contributed by atoms with E-state index in [1.54, 1.807) is 77.9 Å². The Hall–Kier alpha value is -3.75. The first-order valence-corrected chi connectivity index (χ1v) is 14.9. The van der Waals surface area contributed by atoms with Crippen LogP contribution in [-0.2, 0) is 19.6 Å². The lowest BCUT2D eigenvalue weighted by molar-refractivity contribution is -0.107. The Labute approximate surface area is 259 Å². The molecule has 240 valence electrons. The highest BCUT2D eigenvalue weighted by Crippen LogP contribution is 2.39. The van der Waals surface area contributed by atoms with Gasteiger partial charge in [-0.3, -0.25) is 4.55 Å². The molecular formula is C30H33F3O9S2. The Kier molecular flexibility index (Phi) is 11.9. The molecule has 0 radical (unpaired) electrons. The van der Waals surface area contributed by atoms with Crippen molar-refractivity contribution >= 4 is 35.1 Å². The predicted molar refractivity (Wildman–Crippen MR) is 161 cm³/mol. The fourth-order valence-corrected chi connectivity index (χ4v) is 4.22. The molecule has 0 aliphatic heterocycles. The standard InChI is InChI=1S/C28H30O6S.C2H3F3O3S/c1-27(2,3)33-25(29)31-20-12-7-10-18(16-20)22-14-9-15-23(35)24(22)19-11-8-13-21(17-19)32-26(30)34-28(4,5)6;3-2(4,5)1-9(6,7)8/h7-17,35H,1-6H3;1H2,(H,6,7,8). The molecule has 0 spiro atoms. The zero-order valence-corrected chi connectivity index (χ0v) is 26.5. The second kappa shape index (κ2) is 14.4. The largest absolute Gasteiger partial charge is 0.514 e. The summed E-state index contributed by atoms with van der Waals surface area (Å²) in [7, 11) is -4.91. The van der Waals surface area contributed by atoms with Crippen LogP contribution in [0.1, 0.15) is 41.5 Å². The van der Waals surface area contributed by atoms with Gasteiger partial charge in [-0.15, -0.1) is 12.6 Å². The van der Waals surface area contributed by atoms with E-state index in [2.05, 4.69) is 12.6 Å². The van der Waals surface area contributed by atoms with Crippen molar-refractivity contribution in [2.75, 3.05) is 5.75 Å². The fourth-order valence-electron chi connectivity index (χ4n) is 3.47. The quantitative estimate of drug-likeness (QED) is 0.120.